The van der Waals surface area contributed by atoms with Gasteiger partial charge in [0, 0.05) is 0 Å². The van der Waals surface area contributed by atoms with Gasteiger partial charge in [-0.05, 0) is 48.3 Å². The van der Waals surface area contributed by atoms with Crippen LogP contribution in [0.25, 0.3) is 0 Å². The van der Waals surface area contributed by atoms with Gasteiger partial charge in [0.2, 0.25) is 5.43 Å². The van der Waals surface area contributed by atoms with E-state index in [1.165, 1.54) is 30.5 Å². The molecule has 1 saturated carbocycles. The van der Waals surface area contributed by atoms with E-state index in [9.17, 15) is 9.90 Å². The van der Waals surface area contributed by atoms with Crippen molar-refractivity contribution < 1.29 is 5.11 Å². The molecule has 0 amide bonds. The van der Waals surface area contributed by atoms with Crippen molar-refractivity contribution >= 4 is 0 Å². The van der Waals surface area contributed by atoms with Crippen molar-refractivity contribution in [2.75, 3.05) is 0 Å². The molecule has 0 radical (unpaired) electrons. The lowest BCUT2D eigenvalue weighted by atomic mass is 9.89. The van der Waals surface area contributed by atoms with E-state index in [0.717, 1.165) is 6.42 Å². The highest BCUT2D eigenvalue weighted by molar-refractivity contribution is 5.27. The van der Waals surface area contributed by atoms with E-state index in [4.69, 9.17) is 0 Å². The highest BCUT2D eigenvalue weighted by Crippen LogP contribution is 2.45. The van der Waals surface area contributed by atoms with Crippen LogP contribution in [0, 0.1) is 5.41 Å². The second kappa shape index (κ2) is 3.93. The first-order valence-corrected chi connectivity index (χ1v) is 5.81. The second-order valence-electron chi connectivity index (χ2n) is 5.52. The summed E-state index contributed by atoms with van der Waals surface area (Å²) in [6.45, 7) is 4.57. The second-order valence-corrected chi connectivity index (χ2v) is 5.52. The summed E-state index contributed by atoms with van der Waals surface area (Å²) < 4.78 is 0. The molecule has 0 saturated heterocycles. The molecule has 1 unspecified atom stereocenters. The molecule has 16 heavy (non-hydrogen) atoms. The van der Waals surface area contributed by atoms with Gasteiger partial charge in [-0.2, -0.15) is 0 Å². The minimum Gasteiger partial charge on any atom is -0.504 e. The van der Waals surface area contributed by atoms with E-state index in [1.807, 2.05) is 12.1 Å². The van der Waals surface area contributed by atoms with Crippen LogP contribution in [-0.2, 0) is 0 Å². The fraction of sp³-hybridized carbons (Fsp3) is 0.500. The van der Waals surface area contributed by atoms with Crippen molar-refractivity contribution in [3.63, 3.8) is 0 Å². The zero-order valence-corrected chi connectivity index (χ0v) is 9.86. The van der Waals surface area contributed by atoms with Crippen molar-refractivity contribution in [2.24, 2.45) is 5.41 Å². The lowest BCUT2D eigenvalue weighted by Gasteiger charge is -2.16. The Morgan fingerprint density at radius 1 is 1.25 bits per heavy atom. The molecular weight excluding hydrogens is 200 g/mol. The first kappa shape index (κ1) is 11.2. The predicted octanol–water partition coefficient (Wildman–Crippen LogP) is 3.05. The third kappa shape index (κ3) is 2.26. The van der Waals surface area contributed by atoms with Crippen molar-refractivity contribution in [1.82, 2.24) is 0 Å². The predicted molar refractivity (Wildman–Crippen MR) is 64.7 cm³/mol. The summed E-state index contributed by atoms with van der Waals surface area (Å²) in [5, 5.41) is 9.34. The number of hydrogen-bond donors (Lipinski definition) is 1. The molecule has 2 heteroatoms. The Morgan fingerprint density at radius 2 is 1.94 bits per heavy atom. The molecule has 1 N–H and O–H groups in total. The van der Waals surface area contributed by atoms with E-state index >= 15 is 0 Å². The molecule has 1 aromatic carbocycles. The van der Waals surface area contributed by atoms with E-state index in [1.54, 1.807) is 0 Å². The Labute approximate surface area is 95.9 Å². The van der Waals surface area contributed by atoms with E-state index < -0.39 is 0 Å². The maximum atomic E-state index is 11.3. The van der Waals surface area contributed by atoms with Crippen molar-refractivity contribution in [2.45, 2.75) is 39.0 Å². The van der Waals surface area contributed by atoms with Gasteiger partial charge in [0.1, 0.15) is 0 Å². The summed E-state index contributed by atoms with van der Waals surface area (Å²) in [6.07, 6.45) is 3.56. The maximum absolute atomic E-state index is 11.3. The van der Waals surface area contributed by atoms with E-state index in [2.05, 4.69) is 13.8 Å². The van der Waals surface area contributed by atoms with Gasteiger partial charge >= 0.3 is 0 Å². The molecule has 1 fully saturated rings. The van der Waals surface area contributed by atoms with Crippen LogP contribution in [-0.4, -0.2) is 5.11 Å². The van der Waals surface area contributed by atoms with E-state index in [0.29, 0.717) is 11.3 Å². The largest absolute Gasteiger partial charge is 0.504 e. The zero-order chi connectivity index (χ0) is 11.8. The summed E-state index contributed by atoms with van der Waals surface area (Å²) in [5.74, 6) is 0.365. The van der Waals surface area contributed by atoms with Crippen LogP contribution in [0.3, 0.4) is 0 Å². The molecule has 0 bridgehead atoms. The third-order valence-corrected chi connectivity index (χ3v) is 3.55. The van der Waals surface area contributed by atoms with Gasteiger partial charge in [0.05, 0.1) is 0 Å². The summed E-state index contributed by atoms with van der Waals surface area (Å²) in [5.41, 5.74) is 1.27. The Hall–Kier alpha value is -1.31. The molecule has 0 spiro atoms. The van der Waals surface area contributed by atoms with Crippen LogP contribution in [0.1, 0.15) is 44.6 Å². The lowest BCUT2D eigenvalue weighted by molar-refractivity contribution is 0.376. The molecule has 0 aromatic heterocycles. The standard InChI is InChI=1S/C14H18O2/c1-14(2)8-7-11(9-14)10-3-5-12(15)13(16)6-4-10/h3-6,11H,7-9H2,1-2H3,(H,15,16). The van der Waals surface area contributed by atoms with Gasteiger partial charge in [-0.1, -0.05) is 26.0 Å². The van der Waals surface area contributed by atoms with Gasteiger partial charge in [0.25, 0.3) is 0 Å². The maximum Gasteiger partial charge on any atom is 0.220 e. The average molecular weight is 218 g/mol. The Bertz CT molecular complexity index is 449. The molecule has 0 aliphatic heterocycles. The fourth-order valence-corrected chi connectivity index (χ4v) is 2.56. The summed E-state index contributed by atoms with van der Waals surface area (Å²) in [7, 11) is 0. The monoisotopic (exact) mass is 218 g/mol. The molecule has 1 aliphatic carbocycles. The summed E-state index contributed by atoms with van der Waals surface area (Å²) in [4.78, 5) is 11.3. The van der Waals surface area contributed by atoms with Crippen LogP contribution < -0.4 is 5.43 Å². The Kier molecular flexibility index (Phi) is 2.75. The number of rotatable bonds is 1. The van der Waals surface area contributed by atoms with Gasteiger partial charge in [-0.25, -0.2) is 0 Å². The molecule has 2 rings (SSSR count). The normalized spacial score (nSPS) is 23.2. The molecule has 1 atom stereocenters. The SMILES string of the molecule is CC1(C)CCC(c2ccc(O)c(=O)cc2)C1. The van der Waals surface area contributed by atoms with Crippen LogP contribution in [0.5, 0.6) is 5.75 Å². The van der Waals surface area contributed by atoms with Crippen LogP contribution >= 0.6 is 0 Å². The first-order valence-electron chi connectivity index (χ1n) is 5.81. The fourth-order valence-electron chi connectivity index (χ4n) is 2.56. The summed E-state index contributed by atoms with van der Waals surface area (Å²) >= 11 is 0. The Morgan fingerprint density at radius 3 is 2.56 bits per heavy atom. The minimum atomic E-state index is -0.302. The quantitative estimate of drug-likeness (QED) is 0.786. The van der Waals surface area contributed by atoms with Crippen LogP contribution in [0.15, 0.2) is 29.1 Å². The number of aromatic hydroxyl groups is 1. The smallest absolute Gasteiger partial charge is 0.220 e. The van der Waals surface area contributed by atoms with Gasteiger partial charge in [0.15, 0.2) is 5.75 Å². The molecule has 1 aliphatic rings. The summed E-state index contributed by atoms with van der Waals surface area (Å²) in [6, 6.07) is 6.72. The third-order valence-electron chi connectivity index (χ3n) is 3.55. The van der Waals surface area contributed by atoms with Gasteiger partial charge in [-0.3, -0.25) is 4.79 Å². The van der Waals surface area contributed by atoms with E-state index in [-0.39, 0.29) is 11.2 Å². The molecule has 2 nitrogen and oxygen atoms in total. The van der Waals surface area contributed by atoms with Crippen molar-refractivity contribution in [3.8, 4) is 5.75 Å². The molecule has 86 valence electrons. The highest BCUT2D eigenvalue weighted by atomic mass is 16.3. The van der Waals surface area contributed by atoms with Crippen LogP contribution in [0.4, 0.5) is 0 Å². The average Bonchev–Trinajstić information content (AvgIpc) is 2.49. The van der Waals surface area contributed by atoms with Crippen LogP contribution in [0.2, 0.25) is 0 Å². The first-order chi connectivity index (χ1) is 7.48. The zero-order valence-electron chi connectivity index (χ0n) is 9.86. The Balaban J connectivity index is 2.30. The minimum absolute atomic E-state index is 0.163. The van der Waals surface area contributed by atoms with Gasteiger partial charge in [-0.15, -0.1) is 0 Å². The topological polar surface area (TPSA) is 37.3 Å². The molecule has 0 heterocycles. The van der Waals surface area contributed by atoms with Gasteiger partial charge < -0.3 is 5.11 Å². The molecule has 1 aromatic rings. The highest BCUT2D eigenvalue weighted by Gasteiger charge is 2.31. The molecular formula is C14H18O2. The number of hydrogen-bond acceptors (Lipinski definition) is 2. The van der Waals surface area contributed by atoms with Crippen molar-refractivity contribution in [3.05, 3.63) is 40.1 Å². The lowest BCUT2D eigenvalue weighted by Crippen LogP contribution is -2.04. The van der Waals surface area contributed by atoms with Crippen molar-refractivity contribution in [1.29, 1.82) is 0 Å².